The fourth-order valence-electron chi connectivity index (χ4n) is 2.78. The maximum absolute atomic E-state index is 12.1. The Morgan fingerprint density at radius 1 is 1.12 bits per heavy atom. The van der Waals surface area contributed by atoms with Crippen LogP contribution in [0.5, 0.6) is 0 Å². The Hall–Kier alpha value is -3.15. The first-order valence-corrected chi connectivity index (χ1v) is 8.71. The molecule has 2 aromatic rings. The highest BCUT2D eigenvalue weighted by Gasteiger charge is 2.17. The fraction of sp³-hybridized carbons (Fsp3) is 0.250. The molecule has 3 amide bonds. The maximum Gasteiger partial charge on any atom is 0.321 e. The van der Waals surface area contributed by atoms with Crippen molar-refractivity contribution in [1.82, 2.24) is 15.2 Å². The molecule has 1 aliphatic heterocycles. The van der Waals surface area contributed by atoms with Crippen LogP contribution in [0.3, 0.4) is 0 Å². The quantitative estimate of drug-likeness (QED) is 0.814. The molecule has 1 fully saturated rings. The summed E-state index contributed by atoms with van der Waals surface area (Å²) in [6.07, 6.45) is 8.72. The lowest BCUT2D eigenvalue weighted by atomic mass is 10.2. The lowest BCUT2D eigenvalue weighted by Gasteiger charge is -2.16. The van der Waals surface area contributed by atoms with Gasteiger partial charge in [0.05, 0.1) is 0 Å². The number of urea groups is 1. The van der Waals surface area contributed by atoms with Crippen molar-refractivity contribution in [2.75, 3.05) is 18.4 Å². The van der Waals surface area contributed by atoms with E-state index in [1.165, 1.54) is 6.08 Å². The van der Waals surface area contributed by atoms with Crippen LogP contribution >= 0.6 is 0 Å². The van der Waals surface area contributed by atoms with E-state index < -0.39 is 0 Å². The average Bonchev–Trinajstić information content (AvgIpc) is 3.21. The SMILES string of the molecule is O=C(/C=C/c1ccncc1)NCc1cccc(NC(=O)N2CCCC2)c1. The number of rotatable bonds is 5. The van der Waals surface area contributed by atoms with E-state index in [9.17, 15) is 9.59 Å². The molecule has 0 radical (unpaired) electrons. The van der Waals surface area contributed by atoms with Crippen molar-refractivity contribution in [2.24, 2.45) is 0 Å². The third-order valence-electron chi connectivity index (χ3n) is 4.17. The van der Waals surface area contributed by atoms with E-state index in [0.29, 0.717) is 6.54 Å². The summed E-state index contributed by atoms with van der Waals surface area (Å²) < 4.78 is 0. The van der Waals surface area contributed by atoms with Crippen molar-refractivity contribution < 1.29 is 9.59 Å². The van der Waals surface area contributed by atoms with Crippen LogP contribution in [0, 0.1) is 0 Å². The zero-order chi connectivity index (χ0) is 18.2. The van der Waals surface area contributed by atoms with Crippen molar-refractivity contribution in [3.8, 4) is 0 Å². The van der Waals surface area contributed by atoms with Crippen molar-refractivity contribution in [3.05, 3.63) is 66.0 Å². The first-order valence-electron chi connectivity index (χ1n) is 8.71. The normalized spacial score (nSPS) is 13.8. The maximum atomic E-state index is 12.1. The van der Waals surface area contributed by atoms with Crippen LogP contribution in [-0.4, -0.2) is 34.9 Å². The second-order valence-electron chi connectivity index (χ2n) is 6.16. The Balaban J connectivity index is 1.51. The van der Waals surface area contributed by atoms with Crippen LogP contribution in [0.1, 0.15) is 24.0 Å². The number of benzene rings is 1. The molecular formula is C20H22N4O2. The van der Waals surface area contributed by atoms with Crippen molar-refractivity contribution in [1.29, 1.82) is 0 Å². The van der Waals surface area contributed by atoms with Gasteiger partial charge < -0.3 is 15.5 Å². The summed E-state index contributed by atoms with van der Waals surface area (Å²) in [5.41, 5.74) is 2.58. The summed E-state index contributed by atoms with van der Waals surface area (Å²) in [7, 11) is 0. The van der Waals surface area contributed by atoms with E-state index in [2.05, 4.69) is 15.6 Å². The Morgan fingerprint density at radius 2 is 1.88 bits per heavy atom. The molecule has 1 saturated heterocycles. The van der Waals surface area contributed by atoms with Crippen molar-refractivity contribution in [3.63, 3.8) is 0 Å². The van der Waals surface area contributed by atoms with Gasteiger partial charge in [-0.15, -0.1) is 0 Å². The molecule has 6 nitrogen and oxygen atoms in total. The molecule has 3 rings (SSSR count). The Morgan fingerprint density at radius 3 is 2.65 bits per heavy atom. The summed E-state index contributed by atoms with van der Waals surface area (Å²) in [6.45, 7) is 2.02. The van der Waals surface area contributed by atoms with Gasteiger partial charge in [-0.3, -0.25) is 9.78 Å². The highest BCUT2D eigenvalue weighted by atomic mass is 16.2. The first kappa shape index (κ1) is 17.7. The third-order valence-corrected chi connectivity index (χ3v) is 4.17. The molecule has 0 atom stereocenters. The molecule has 0 spiro atoms. The fourth-order valence-corrected chi connectivity index (χ4v) is 2.78. The molecule has 1 aromatic carbocycles. The summed E-state index contributed by atoms with van der Waals surface area (Å²) in [6, 6.07) is 11.1. The smallest absolute Gasteiger partial charge is 0.321 e. The lowest BCUT2D eigenvalue weighted by molar-refractivity contribution is -0.116. The van der Waals surface area contributed by atoms with Crippen LogP contribution in [0.2, 0.25) is 0 Å². The van der Waals surface area contributed by atoms with Crippen LogP contribution in [-0.2, 0) is 11.3 Å². The van der Waals surface area contributed by atoms with Crippen LogP contribution in [0.4, 0.5) is 10.5 Å². The van der Waals surface area contributed by atoms with E-state index in [0.717, 1.165) is 42.7 Å². The third kappa shape index (κ3) is 5.17. The van der Waals surface area contributed by atoms with E-state index >= 15 is 0 Å². The van der Waals surface area contributed by atoms with Gasteiger partial charge in [0.2, 0.25) is 5.91 Å². The Kier molecular flexibility index (Phi) is 5.98. The van der Waals surface area contributed by atoms with Gasteiger partial charge in [-0.05, 0) is 54.3 Å². The van der Waals surface area contributed by atoms with E-state index in [4.69, 9.17) is 0 Å². The number of nitrogens with zero attached hydrogens (tertiary/aromatic N) is 2. The molecular weight excluding hydrogens is 328 g/mol. The molecule has 2 heterocycles. The minimum atomic E-state index is -0.173. The highest BCUT2D eigenvalue weighted by Crippen LogP contribution is 2.14. The second-order valence-corrected chi connectivity index (χ2v) is 6.16. The molecule has 6 heteroatoms. The molecule has 0 saturated carbocycles. The molecule has 1 aromatic heterocycles. The molecule has 134 valence electrons. The van der Waals surface area contributed by atoms with Crippen LogP contribution in [0.15, 0.2) is 54.9 Å². The van der Waals surface area contributed by atoms with Gasteiger partial charge >= 0.3 is 6.03 Å². The van der Waals surface area contributed by atoms with Gasteiger partial charge in [-0.2, -0.15) is 0 Å². The van der Waals surface area contributed by atoms with Gasteiger partial charge in [-0.25, -0.2) is 4.79 Å². The largest absolute Gasteiger partial charge is 0.348 e. The van der Waals surface area contributed by atoms with E-state index in [1.807, 2.05) is 41.3 Å². The summed E-state index contributed by atoms with van der Waals surface area (Å²) in [5, 5.41) is 5.75. The zero-order valence-corrected chi connectivity index (χ0v) is 14.5. The summed E-state index contributed by atoms with van der Waals surface area (Å²) >= 11 is 0. The van der Waals surface area contributed by atoms with Gasteiger partial charge in [-0.1, -0.05) is 12.1 Å². The summed E-state index contributed by atoms with van der Waals surface area (Å²) in [5.74, 6) is -0.173. The van der Waals surface area contributed by atoms with Gasteiger partial charge in [0.15, 0.2) is 0 Å². The molecule has 26 heavy (non-hydrogen) atoms. The number of amides is 3. The summed E-state index contributed by atoms with van der Waals surface area (Å²) in [4.78, 5) is 29.8. The first-order chi connectivity index (χ1) is 12.7. The number of likely N-dealkylation sites (tertiary alicyclic amines) is 1. The standard InChI is InChI=1S/C20H22N4O2/c25-19(7-6-16-8-10-21-11-9-16)22-15-17-4-3-5-18(14-17)23-20(26)24-12-1-2-13-24/h3-11,14H,1-2,12-13,15H2,(H,22,25)(H,23,26)/b7-6+. The van der Waals surface area contributed by atoms with E-state index in [1.54, 1.807) is 18.5 Å². The van der Waals surface area contributed by atoms with Crippen molar-refractivity contribution in [2.45, 2.75) is 19.4 Å². The predicted octanol–water partition coefficient (Wildman–Crippen LogP) is 3.04. The second kappa shape index (κ2) is 8.80. The number of hydrogen-bond donors (Lipinski definition) is 2. The lowest BCUT2D eigenvalue weighted by Crippen LogP contribution is -2.32. The zero-order valence-electron chi connectivity index (χ0n) is 14.5. The number of pyridine rings is 1. The monoisotopic (exact) mass is 350 g/mol. The molecule has 2 N–H and O–H groups in total. The van der Waals surface area contributed by atoms with Crippen LogP contribution in [0.25, 0.3) is 6.08 Å². The minimum absolute atomic E-state index is 0.0658. The highest BCUT2D eigenvalue weighted by molar-refractivity contribution is 5.92. The number of carbonyl (C=O) groups excluding carboxylic acids is 2. The Labute approximate surface area is 152 Å². The number of aromatic nitrogens is 1. The minimum Gasteiger partial charge on any atom is -0.348 e. The number of carbonyl (C=O) groups is 2. The predicted molar refractivity (Wildman–Crippen MR) is 101 cm³/mol. The molecule has 0 bridgehead atoms. The van der Waals surface area contributed by atoms with Gasteiger partial charge in [0, 0.05) is 43.8 Å². The molecule has 0 unspecified atom stereocenters. The number of hydrogen-bond acceptors (Lipinski definition) is 3. The van der Waals surface area contributed by atoms with Crippen molar-refractivity contribution >= 4 is 23.7 Å². The molecule has 1 aliphatic rings. The van der Waals surface area contributed by atoms with E-state index in [-0.39, 0.29) is 11.9 Å². The topological polar surface area (TPSA) is 74.3 Å². The van der Waals surface area contributed by atoms with Gasteiger partial charge in [0.1, 0.15) is 0 Å². The van der Waals surface area contributed by atoms with Crippen LogP contribution < -0.4 is 10.6 Å². The number of nitrogens with one attached hydrogen (secondary N) is 2. The number of anilines is 1. The molecule has 0 aliphatic carbocycles. The van der Waals surface area contributed by atoms with Gasteiger partial charge in [0.25, 0.3) is 0 Å². The average molecular weight is 350 g/mol. The Bertz CT molecular complexity index is 783.